The van der Waals surface area contributed by atoms with E-state index in [1.54, 1.807) is 28.1 Å². The summed E-state index contributed by atoms with van der Waals surface area (Å²) in [5.41, 5.74) is 6.20. The number of fused-ring (bicyclic) bond motifs is 4. The number of nitrogens with one attached hydrogen (secondary N) is 4. The Hall–Kier alpha value is -6.65. The van der Waals surface area contributed by atoms with Crippen molar-refractivity contribution in [2.45, 2.75) is 102 Å². The van der Waals surface area contributed by atoms with E-state index in [1.165, 1.54) is 14.2 Å². The van der Waals surface area contributed by atoms with Crippen LogP contribution < -0.4 is 16.2 Å². The first kappa shape index (κ1) is 45.5. The highest BCUT2D eigenvalue weighted by molar-refractivity contribution is 5.89. The Morgan fingerprint density at radius 3 is 1.91 bits per heavy atom. The van der Waals surface area contributed by atoms with Crippen LogP contribution in [0.15, 0.2) is 65.6 Å². The maximum atomic E-state index is 15.5. The number of halogens is 2. The number of H-pyrrole nitrogens is 2. The zero-order valence-corrected chi connectivity index (χ0v) is 38.5. The minimum absolute atomic E-state index is 0.159. The molecule has 67 heavy (non-hydrogen) atoms. The fourth-order valence-electron chi connectivity index (χ4n) is 10.8. The van der Waals surface area contributed by atoms with Crippen molar-refractivity contribution in [3.8, 4) is 33.5 Å². The number of imidazole rings is 1. The fraction of sp³-hybridized carbons (Fsp3) is 0.460. The summed E-state index contributed by atoms with van der Waals surface area (Å²) in [7, 11) is 2.51. The molecule has 4 amide bonds. The molecule has 0 spiro atoms. The maximum absolute atomic E-state index is 15.5. The summed E-state index contributed by atoms with van der Waals surface area (Å²) in [6, 6.07) is 14.6. The predicted molar refractivity (Wildman–Crippen MR) is 246 cm³/mol. The Bertz CT molecular complexity index is 2810. The van der Waals surface area contributed by atoms with E-state index in [1.807, 2.05) is 70.2 Å². The summed E-state index contributed by atoms with van der Waals surface area (Å²) in [5, 5.41) is 5.66. The van der Waals surface area contributed by atoms with Crippen LogP contribution >= 0.6 is 0 Å². The number of hydrogen-bond donors (Lipinski definition) is 4. The third kappa shape index (κ3) is 8.30. The fourth-order valence-corrected chi connectivity index (χ4v) is 10.8. The lowest BCUT2D eigenvalue weighted by Gasteiger charge is -2.41. The first-order valence-corrected chi connectivity index (χ1v) is 23.1. The first-order chi connectivity index (χ1) is 32.1. The van der Waals surface area contributed by atoms with Gasteiger partial charge < -0.3 is 39.9 Å². The van der Waals surface area contributed by atoms with E-state index >= 15 is 8.78 Å². The van der Waals surface area contributed by atoms with Gasteiger partial charge in [-0.05, 0) is 101 Å². The van der Waals surface area contributed by atoms with E-state index in [-0.39, 0.29) is 47.6 Å². The zero-order chi connectivity index (χ0) is 47.5. The van der Waals surface area contributed by atoms with Gasteiger partial charge in [-0.15, -0.1) is 0 Å². The van der Waals surface area contributed by atoms with Crippen LogP contribution in [0, 0.1) is 17.8 Å². The lowest BCUT2D eigenvalue weighted by atomic mass is 9.69. The monoisotopic (exact) mass is 918 g/mol. The molecule has 2 aliphatic carbocycles. The molecule has 2 aliphatic heterocycles. The number of amides is 4. The Labute approximate surface area is 386 Å². The van der Waals surface area contributed by atoms with Gasteiger partial charge >= 0.3 is 12.2 Å². The summed E-state index contributed by atoms with van der Waals surface area (Å²) >= 11 is 0. The van der Waals surface area contributed by atoms with Gasteiger partial charge in [0.1, 0.15) is 23.7 Å². The maximum Gasteiger partial charge on any atom is 0.407 e. The van der Waals surface area contributed by atoms with Crippen LogP contribution in [0.5, 0.6) is 0 Å². The van der Waals surface area contributed by atoms with Crippen molar-refractivity contribution < 1.29 is 37.4 Å². The summed E-state index contributed by atoms with van der Waals surface area (Å²) < 4.78 is 40.6. The van der Waals surface area contributed by atoms with Gasteiger partial charge in [0, 0.05) is 19.5 Å². The summed E-state index contributed by atoms with van der Waals surface area (Å²) in [6.45, 7) is 8.39. The normalized spacial score (nSPS) is 21.5. The summed E-state index contributed by atoms with van der Waals surface area (Å²) in [5.74, 6) is -3.83. The molecule has 6 unspecified atom stereocenters. The van der Waals surface area contributed by atoms with Crippen molar-refractivity contribution >= 4 is 34.9 Å². The van der Waals surface area contributed by atoms with E-state index in [2.05, 4.69) is 25.6 Å². The topological polar surface area (TPSA) is 192 Å². The van der Waals surface area contributed by atoms with Crippen molar-refractivity contribution in [1.29, 1.82) is 0 Å². The number of hydrogen-bond acceptors (Lipinski definition) is 9. The van der Waals surface area contributed by atoms with Crippen molar-refractivity contribution in [3.05, 3.63) is 93.9 Å². The smallest absolute Gasteiger partial charge is 0.407 e. The number of nitrogens with zero attached hydrogens (tertiary/aromatic N) is 4. The molecule has 17 heteroatoms. The molecular weight excluding hydrogens is 863 g/mol. The van der Waals surface area contributed by atoms with Gasteiger partial charge in [-0.3, -0.25) is 14.4 Å². The number of alkyl carbamates (subject to hydrolysis) is 2. The molecule has 4 heterocycles. The molecule has 2 aromatic heterocycles. The van der Waals surface area contributed by atoms with E-state index in [9.17, 15) is 24.0 Å². The highest BCUT2D eigenvalue weighted by Gasteiger charge is 2.60. The van der Waals surface area contributed by atoms with Crippen LogP contribution in [-0.4, -0.2) is 99.1 Å². The number of methoxy groups -OCH3 is 2. The van der Waals surface area contributed by atoms with E-state index in [4.69, 9.17) is 14.5 Å². The highest BCUT2D eigenvalue weighted by atomic mass is 19.3. The van der Waals surface area contributed by atoms with Crippen molar-refractivity contribution in [2.75, 3.05) is 27.3 Å². The molecule has 6 atom stereocenters. The minimum atomic E-state index is -2.85. The Kier molecular flexibility index (Phi) is 12.1. The van der Waals surface area contributed by atoms with E-state index in [0.29, 0.717) is 66.9 Å². The summed E-state index contributed by atoms with van der Waals surface area (Å²) in [4.78, 5) is 84.6. The van der Waals surface area contributed by atoms with Gasteiger partial charge in [-0.1, -0.05) is 70.2 Å². The molecule has 3 aromatic carbocycles. The highest BCUT2D eigenvalue weighted by Crippen LogP contribution is 2.63. The second-order valence-corrected chi connectivity index (χ2v) is 19.0. The molecule has 1 saturated carbocycles. The second kappa shape index (κ2) is 17.9. The van der Waals surface area contributed by atoms with Crippen molar-refractivity contribution in [2.24, 2.45) is 17.8 Å². The van der Waals surface area contributed by atoms with Crippen LogP contribution in [0.1, 0.15) is 101 Å². The molecule has 0 radical (unpaired) electrons. The average molecular weight is 919 g/mol. The van der Waals surface area contributed by atoms with Crippen LogP contribution in [-0.2, 0) is 25.5 Å². The number of rotatable bonds is 11. The van der Waals surface area contributed by atoms with Gasteiger partial charge in [0.25, 0.3) is 11.5 Å². The number of aromatic amines is 2. The lowest BCUT2D eigenvalue weighted by Crippen LogP contribution is -2.51. The number of aromatic nitrogens is 4. The van der Waals surface area contributed by atoms with Crippen LogP contribution in [0.25, 0.3) is 44.4 Å². The third-order valence-corrected chi connectivity index (χ3v) is 14.2. The Morgan fingerprint density at radius 2 is 1.33 bits per heavy atom. The molecule has 3 fully saturated rings. The molecule has 352 valence electrons. The Balaban J connectivity index is 0.979. The molecule has 2 saturated heterocycles. The standard InChI is InChI=1S/C50H56F2N8O7/c1-25(2)41(56-48(64)66-5)46(62)59-19-7-9-37(59)43-53-24-36(55-43)28-13-11-27(12-14-28)32-17-16-31(33-22-30-23-50(51,52)40(30)39(32)33)29-15-18-35-34(21-29)45(61)58-44(54-35)38-10-8-20-60(38)47(63)42(26(3)4)57-49(65)67-6/h11-18,21,24-26,30,37-38,40-42H,7-10,19-20,22-23H2,1-6H3,(H,53,55)(H,56,64)(H,57,65)(H,54,58,61). The van der Waals surface area contributed by atoms with Gasteiger partial charge in [-0.2, -0.15) is 0 Å². The van der Waals surface area contributed by atoms with E-state index < -0.39 is 42.2 Å². The number of benzene rings is 3. The lowest BCUT2D eigenvalue weighted by molar-refractivity contribution is -0.136. The van der Waals surface area contributed by atoms with Crippen LogP contribution in [0.2, 0.25) is 0 Å². The average Bonchev–Trinajstić information content (AvgIpc) is 4.15. The molecule has 4 aliphatic rings. The predicted octanol–water partition coefficient (Wildman–Crippen LogP) is 8.03. The first-order valence-electron chi connectivity index (χ1n) is 23.1. The molecular formula is C50H56F2N8O7. The zero-order valence-electron chi connectivity index (χ0n) is 38.5. The van der Waals surface area contributed by atoms with Crippen LogP contribution in [0.4, 0.5) is 18.4 Å². The SMILES string of the molecule is COC(=O)NC(C(=O)N1CCCC1c1ncc(-c2ccc(-c3ccc(-c4ccc5nc(C6CCCN6C(=O)C(NC(=O)OC)C(C)C)[nH]c(=O)c5c4)c4c3C3C(C4)CC3(F)F)cc2)[nH]1)C(C)C. The van der Waals surface area contributed by atoms with Crippen molar-refractivity contribution in [3.63, 3.8) is 0 Å². The number of ether oxygens (including phenoxy) is 2. The van der Waals surface area contributed by atoms with E-state index in [0.717, 1.165) is 45.5 Å². The quantitative estimate of drug-likeness (QED) is 0.102. The minimum Gasteiger partial charge on any atom is -0.453 e. The summed E-state index contributed by atoms with van der Waals surface area (Å²) in [6.07, 6.45) is 3.45. The van der Waals surface area contributed by atoms with Gasteiger partial charge in [0.2, 0.25) is 11.8 Å². The number of likely N-dealkylation sites (tertiary alicyclic amines) is 2. The largest absolute Gasteiger partial charge is 0.453 e. The molecule has 0 bridgehead atoms. The number of carbonyl (C=O) groups excluding carboxylic acids is 4. The second-order valence-electron chi connectivity index (χ2n) is 19.0. The van der Waals surface area contributed by atoms with Crippen molar-refractivity contribution in [1.82, 2.24) is 40.4 Å². The Morgan fingerprint density at radius 1 is 0.761 bits per heavy atom. The van der Waals surface area contributed by atoms with Gasteiger partial charge in [-0.25, -0.2) is 28.3 Å². The molecule has 4 N–H and O–H groups in total. The van der Waals surface area contributed by atoms with Gasteiger partial charge in [0.15, 0.2) is 0 Å². The van der Waals surface area contributed by atoms with Gasteiger partial charge in [0.05, 0.1) is 55.0 Å². The van der Waals surface area contributed by atoms with Crippen LogP contribution in [0.3, 0.4) is 0 Å². The molecule has 5 aromatic rings. The molecule has 9 rings (SSSR count). The number of alkyl halides is 2. The third-order valence-electron chi connectivity index (χ3n) is 14.2. The number of carbonyl (C=O) groups is 4. The molecule has 15 nitrogen and oxygen atoms in total.